The number of rotatable bonds is 0. The molecule has 4 rings (SSSR count). The Hall–Kier alpha value is -1.88. The van der Waals surface area contributed by atoms with Gasteiger partial charge in [-0.1, -0.05) is 0 Å². The first-order chi connectivity index (χ1) is 7.45. The summed E-state index contributed by atoms with van der Waals surface area (Å²) in [5.41, 5.74) is 4.19. The van der Waals surface area contributed by atoms with Crippen molar-refractivity contribution >= 4 is 44.6 Å². The summed E-state index contributed by atoms with van der Waals surface area (Å²) in [5, 5.41) is 2.27. The summed E-state index contributed by atoms with van der Waals surface area (Å²) in [6.45, 7) is 0. The zero-order chi connectivity index (χ0) is 9.83. The van der Waals surface area contributed by atoms with E-state index in [4.69, 9.17) is 0 Å². The molecule has 0 saturated heterocycles. The summed E-state index contributed by atoms with van der Waals surface area (Å²) < 4.78 is 8.69. The largest absolute Gasteiger partial charge is 0.359 e. The van der Waals surface area contributed by atoms with Crippen LogP contribution >= 0.6 is 11.7 Å². The van der Waals surface area contributed by atoms with E-state index in [0.717, 1.165) is 32.8 Å². The average molecular weight is 214 g/mol. The van der Waals surface area contributed by atoms with E-state index in [1.807, 2.05) is 24.5 Å². The first kappa shape index (κ1) is 7.42. The second-order valence-corrected chi connectivity index (χ2v) is 4.02. The Kier molecular flexibility index (Phi) is 1.17. The van der Waals surface area contributed by atoms with Crippen molar-refractivity contribution in [2.75, 3.05) is 0 Å². The monoisotopic (exact) mass is 214 g/mol. The van der Waals surface area contributed by atoms with Crippen LogP contribution in [-0.4, -0.2) is 18.7 Å². The highest BCUT2D eigenvalue weighted by Gasteiger charge is 2.12. The molecule has 4 aromatic rings. The number of hydrogen-bond acceptors (Lipinski definition) is 3. The number of H-pyrrole nitrogens is 2. The van der Waals surface area contributed by atoms with Gasteiger partial charge < -0.3 is 9.97 Å². The molecule has 0 saturated carbocycles. The number of nitrogens with zero attached hydrogens (tertiary/aromatic N) is 2. The minimum absolute atomic E-state index is 0.989. The highest BCUT2D eigenvalue weighted by atomic mass is 32.1. The summed E-state index contributed by atoms with van der Waals surface area (Å²) in [6.07, 6.45) is 3.87. The Balaban J connectivity index is 2.56. The molecular weight excluding hydrogens is 208 g/mol. The molecule has 0 amide bonds. The summed E-state index contributed by atoms with van der Waals surface area (Å²) in [6, 6.07) is 4.08. The quantitative estimate of drug-likeness (QED) is 0.472. The molecular formula is C10H6N4S. The standard InChI is InChI=1S/C10H6N4S/c1-3-11-7-5(1)9-10(14-15-13-9)6-2-4-12-8(6)7/h1-4,11-12H. The van der Waals surface area contributed by atoms with Crippen LogP contribution in [0.4, 0.5) is 0 Å². The van der Waals surface area contributed by atoms with E-state index in [-0.39, 0.29) is 0 Å². The van der Waals surface area contributed by atoms with E-state index < -0.39 is 0 Å². The fourth-order valence-electron chi connectivity index (χ4n) is 2.09. The van der Waals surface area contributed by atoms with Crippen molar-refractivity contribution < 1.29 is 0 Å². The lowest BCUT2D eigenvalue weighted by molar-refractivity contribution is 1.44. The third-order valence-corrected chi connectivity index (χ3v) is 3.27. The molecule has 5 heteroatoms. The van der Waals surface area contributed by atoms with E-state index in [2.05, 4.69) is 18.7 Å². The van der Waals surface area contributed by atoms with Gasteiger partial charge in [0.05, 0.1) is 22.8 Å². The molecule has 72 valence electrons. The maximum absolute atomic E-state index is 4.35. The van der Waals surface area contributed by atoms with Crippen molar-refractivity contribution in [3.63, 3.8) is 0 Å². The lowest BCUT2D eigenvalue weighted by Crippen LogP contribution is -1.77. The number of fused-ring (bicyclic) bond motifs is 6. The molecule has 0 fully saturated rings. The van der Waals surface area contributed by atoms with Gasteiger partial charge in [-0.3, -0.25) is 0 Å². The van der Waals surface area contributed by atoms with Gasteiger partial charge in [0.2, 0.25) is 0 Å². The third-order valence-electron chi connectivity index (χ3n) is 2.74. The van der Waals surface area contributed by atoms with Crippen LogP contribution < -0.4 is 0 Å². The summed E-state index contributed by atoms with van der Waals surface area (Å²) in [7, 11) is 0. The minimum atomic E-state index is 0.989. The van der Waals surface area contributed by atoms with E-state index in [1.54, 1.807) is 0 Å². The number of hydrogen-bond donors (Lipinski definition) is 2. The molecule has 15 heavy (non-hydrogen) atoms. The van der Waals surface area contributed by atoms with E-state index >= 15 is 0 Å². The minimum Gasteiger partial charge on any atom is -0.359 e. The van der Waals surface area contributed by atoms with Gasteiger partial charge in [-0.05, 0) is 12.1 Å². The lowest BCUT2D eigenvalue weighted by Gasteiger charge is -1.95. The molecule has 0 atom stereocenters. The van der Waals surface area contributed by atoms with Crippen molar-refractivity contribution in [2.24, 2.45) is 0 Å². The Morgan fingerprint density at radius 1 is 0.867 bits per heavy atom. The zero-order valence-corrected chi connectivity index (χ0v) is 8.43. The molecule has 0 aliphatic carbocycles. The van der Waals surface area contributed by atoms with Crippen LogP contribution in [0.5, 0.6) is 0 Å². The van der Waals surface area contributed by atoms with Crippen molar-refractivity contribution in [2.45, 2.75) is 0 Å². The average Bonchev–Trinajstić information content (AvgIpc) is 2.97. The predicted molar refractivity (Wildman–Crippen MR) is 61.1 cm³/mol. The molecule has 0 bridgehead atoms. The number of aromatic amines is 2. The van der Waals surface area contributed by atoms with Crippen LogP contribution in [0.25, 0.3) is 32.8 Å². The van der Waals surface area contributed by atoms with Crippen LogP contribution in [0.3, 0.4) is 0 Å². The summed E-state index contributed by atoms with van der Waals surface area (Å²) in [5.74, 6) is 0. The van der Waals surface area contributed by atoms with E-state index in [0.29, 0.717) is 0 Å². The third kappa shape index (κ3) is 0.771. The van der Waals surface area contributed by atoms with E-state index in [1.165, 1.54) is 11.7 Å². The van der Waals surface area contributed by atoms with Crippen LogP contribution in [0.15, 0.2) is 24.5 Å². The molecule has 1 aromatic carbocycles. The maximum atomic E-state index is 4.35. The Labute approximate surface area is 88.3 Å². The molecule has 3 heterocycles. The first-order valence-electron chi connectivity index (χ1n) is 4.63. The number of aromatic nitrogens is 4. The summed E-state index contributed by atoms with van der Waals surface area (Å²) >= 11 is 1.26. The van der Waals surface area contributed by atoms with Gasteiger partial charge in [0.25, 0.3) is 0 Å². The highest BCUT2D eigenvalue weighted by Crippen LogP contribution is 2.31. The normalized spacial score (nSPS) is 12.0. The fraction of sp³-hybridized carbons (Fsp3) is 0. The topological polar surface area (TPSA) is 57.4 Å². The van der Waals surface area contributed by atoms with Crippen molar-refractivity contribution in [1.82, 2.24) is 18.7 Å². The molecule has 2 N–H and O–H groups in total. The number of benzene rings is 1. The van der Waals surface area contributed by atoms with Gasteiger partial charge >= 0.3 is 0 Å². The molecule has 3 aromatic heterocycles. The van der Waals surface area contributed by atoms with Gasteiger partial charge in [0, 0.05) is 23.2 Å². The number of nitrogens with one attached hydrogen (secondary N) is 2. The first-order valence-corrected chi connectivity index (χ1v) is 5.36. The van der Waals surface area contributed by atoms with Crippen LogP contribution in [0, 0.1) is 0 Å². The maximum Gasteiger partial charge on any atom is 0.114 e. The molecule has 0 unspecified atom stereocenters. The van der Waals surface area contributed by atoms with Gasteiger partial charge in [-0.2, -0.15) is 8.75 Å². The Morgan fingerprint density at radius 2 is 1.40 bits per heavy atom. The molecule has 0 aliphatic heterocycles. The summed E-state index contributed by atoms with van der Waals surface area (Å²) in [4.78, 5) is 6.47. The van der Waals surface area contributed by atoms with Crippen LogP contribution in [0.1, 0.15) is 0 Å². The molecule has 0 radical (unpaired) electrons. The Bertz CT molecular complexity index is 581. The SMILES string of the molecule is c1cc2c3nsnc3c3cc[nH]c3c2[nH]1. The molecule has 0 aliphatic rings. The van der Waals surface area contributed by atoms with Gasteiger partial charge in [0.1, 0.15) is 11.0 Å². The van der Waals surface area contributed by atoms with Crippen LogP contribution in [-0.2, 0) is 0 Å². The second-order valence-electron chi connectivity index (χ2n) is 3.49. The fourth-order valence-corrected chi connectivity index (χ4v) is 2.66. The second kappa shape index (κ2) is 2.38. The predicted octanol–water partition coefficient (Wildman–Crippen LogP) is 2.65. The van der Waals surface area contributed by atoms with Crippen molar-refractivity contribution in [3.05, 3.63) is 24.5 Å². The zero-order valence-electron chi connectivity index (χ0n) is 7.61. The van der Waals surface area contributed by atoms with Gasteiger partial charge in [-0.25, -0.2) is 0 Å². The van der Waals surface area contributed by atoms with Gasteiger partial charge in [-0.15, -0.1) is 0 Å². The van der Waals surface area contributed by atoms with Crippen molar-refractivity contribution in [1.29, 1.82) is 0 Å². The smallest absolute Gasteiger partial charge is 0.114 e. The van der Waals surface area contributed by atoms with Gasteiger partial charge in [0.15, 0.2) is 0 Å². The lowest BCUT2D eigenvalue weighted by atomic mass is 10.1. The van der Waals surface area contributed by atoms with Crippen molar-refractivity contribution in [3.8, 4) is 0 Å². The van der Waals surface area contributed by atoms with Crippen LogP contribution in [0.2, 0.25) is 0 Å². The Morgan fingerprint density at radius 3 is 1.93 bits per heavy atom. The molecule has 0 spiro atoms. The molecule has 4 nitrogen and oxygen atoms in total. The van der Waals surface area contributed by atoms with E-state index in [9.17, 15) is 0 Å². The highest BCUT2D eigenvalue weighted by molar-refractivity contribution is 7.00.